The fraction of sp³-hybridized carbons (Fsp3) is 0.600. The van der Waals surface area contributed by atoms with E-state index in [9.17, 15) is 0 Å². The molecule has 108 valence electrons. The molecule has 1 aromatic carbocycles. The Morgan fingerprint density at radius 1 is 1.32 bits per heavy atom. The van der Waals surface area contributed by atoms with Gasteiger partial charge in [0.1, 0.15) is 0 Å². The summed E-state index contributed by atoms with van der Waals surface area (Å²) < 4.78 is 6.32. The highest BCUT2D eigenvalue weighted by atomic mass is 79.9. The summed E-state index contributed by atoms with van der Waals surface area (Å²) in [4.78, 5) is 2.43. The third-order valence-corrected chi connectivity index (χ3v) is 3.98. The number of hydrogen-bond acceptors (Lipinski definition) is 3. The van der Waals surface area contributed by atoms with E-state index in [0.717, 1.165) is 30.5 Å². The molecule has 1 rings (SSSR count). The molecule has 0 aliphatic heterocycles. The number of nitrogens with zero attached hydrogens (tertiary/aromatic N) is 1. The zero-order valence-corrected chi connectivity index (χ0v) is 13.7. The van der Waals surface area contributed by atoms with E-state index in [1.807, 2.05) is 0 Å². The lowest BCUT2D eigenvalue weighted by molar-refractivity contribution is 0.202. The number of hydrogen-bond donors (Lipinski definition) is 1. The van der Waals surface area contributed by atoms with Crippen LogP contribution in [0.3, 0.4) is 0 Å². The van der Waals surface area contributed by atoms with Crippen LogP contribution in [0.2, 0.25) is 0 Å². The summed E-state index contributed by atoms with van der Waals surface area (Å²) in [7, 11) is 1.75. The highest BCUT2D eigenvalue weighted by Crippen LogP contribution is 2.27. The number of methoxy groups -OCH3 is 1. The highest BCUT2D eigenvalue weighted by Gasteiger charge is 2.18. The third-order valence-electron chi connectivity index (χ3n) is 3.49. The fourth-order valence-corrected chi connectivity index (χ4v) is 2.83. The van der Waals surface area contributed by atoms with Crippen LogP contribution in [0.1, 0.15) is 32.3 Å². The van der Waals surface area contributed by atoms with Crippen molar-refractivity contribution in [1.82, 2.24) is 0 Å². The molecular weight excluding hydrogens is 304 g/mol. The molecule has 0 amide bonds. The molecule has 3 nitrogen and oxygen atoms in total. The van der Waals surface area contributed by atoms with Crippen molar-refractivity contribution in [2.75, 3.05) is 25.2 Å². The van der Waals surface area contributed by atoms with Gasteiger partial charge < -0.3 is 15.4 Å². The van der Waals surface area contributed by atoms with Gasteiger partial charge in [0, 0.05) is 36.4 Å². The van der Waals surface area contributed by atoms with Crippen LogP contribution in [0.15, 0.2) is 22.7 Å². The maximum absolute atomic E-state index is 5.89. The topological polar surface area (TPSA) is 38.5 Å². The fourth-order valence-electron chi connectivity index (χ4n) is 2.42. The van der Waals surface area contributed by atoms with Crippen LogP contribution in [0, 0.1) is 0 Å². The van der Waals surface area contributed by atoms with Crippen molar-refractivity contribution in [2.24, 2.45) is 5.73 Å². The predicted octanol–water partition coefficient (Wildman–Crippen LogP) is 3.55. The molecule has 0 aliphatic carbocycles. The minimum atomic E-state index is 0.529. The lowest BCUT2D eigenvalue weighted by Gasteiger charge is -2.34. The van der Waals surface area contributed by atoms with Crippen LogP contribution >= 0.6 is 15.9 Å². The first kappa shape index (κ1) is 16.5. The molecule has 2 N–H and O–H groups in total. The van der Waals surface area contributed by atoms with Gasteiger partial charge in [0.05, 0.1) is 6.61 Å². The first-order valence-corrected chi connectivity index (χ1v) is 7.71. The summed E-state index contributed by atoms with van der Waals surface area (Å²) >= 11 is 3.51. The molecule has 0 aliphatic rings. The number of halogens is 1. The summed E-state index contributed by atoms with van der Waals surface area (Å²) in [5, 5.41) is 0. The zero-order chi connectivity index (χ0) is 14.3. The Balaban J connectivity index is 3.08. The molecule has 0 saturated carbocycles. The Labute approximate surface area is 125 Å². The molecule has 0 saturated heterocycles. The first-order valence-electron chi connectivity index (χ1n) is 6.91. The van der Waals surface area contributed by atoms with Crippen LogP contribution < -0.4 is 10.6 Å². The molecule has 19 heavy (non-hydrogen) atoms. The van der Waals surface area contributed by atoms with Gasteiger partial charge in [0.25, 0.3) is 0 Å². The number of nitrogens with two attached hydrogens (primary N) is 1. The summed E-state index contributed by atoms with van der Waals surface area (Å²) in [6.45, 7) is 6.65. The summed E-state index contributed by atoms with van der Waals surface area (Å²) in [5.74, 6) is 0. The van der Waals surface area contributed by atoms with E-state index in [0.29, 0.717) is 12.6 Å². The quantitative estimate of drug-likeness (QED) is 0.793. The molecular formula is C15H25BrN2O. The Morgan fingerprint density at radius 2 is 2.00 bits per heavy atom. The van der Waals surface area contributed by atoms with Crippen molar-refractivity contribution in [3.63, 3.8) is 0 Å². The molecule has 4 heteroatoms. The lowest BCUT2D eigenvalue weighted by Crippen LogP contribution is -2.37. The Bertz CT molecular complexity index is 380. The van der Waals surface area contributed by atoms with Gasteiger partial charge >= 0.3 is 0 Å². The molecule has 0 radical (unpaired) electrons. The van der Waals surface area contributed by atoms with Gasteiger partial charge in [-0.25, -0.2) is 0 Å². The standard InChI is InChI=1S/C15H25BrN2O/c1-4-14(5-2)18(8-9-19-3)15-7-6-13(16)10-12(15)11-17/h6-7,10,14H,4-5,8-9,11,17H2,1-3H3. The Kier molecular flexibility index (Phi) is 7.42. The van der Waals surface area contributed by atoms with Crippen molar-refractivity contribution in [3.05, 3.63) is 28.2 Å². The lowest BCUT2D eigenvalue weighted by atomic mass is 10.1. The third kappa shape index (κ3) is 4.48. The number of benzene rings is 1. The first-order chi connectivity index (χ1) is 9.17. The molecule has 0 heterocycles. The van der Waals surface area contributed by atoms with Crippen LogP contribution in [0.4, 0.5) is 5.69 Å². The van der Waals surface area contributed by atoms with Gasteiger partial charge in [-0.1, -0.05) is 29.8 Å². The van der Waals surface area contributed by atoms with Gasteiger partial charge in [-0.15, -0.1) is 0 Å². The number of ether oxygens (including phenoxy) is 1. The number of rotatable bonds is 8. The zero-order valence-electron chi connectivity index (χ0n) is 12.2. The van der Waals surface area contributed by atoms with E-state index in [2.05, 4.69) is 52.9 Å². The van der Waals surface area contributed by atoms with E-state index >= 15 is 0 Å². The summed E-state index contributed by atoms with van der Waals surface area (Å²) in [5.41, 5.74) is 8.30. The second kappa shape index (κ2) is 8.56. The van der Waals surface area contributed by atoms with Crippen LogP contribution in [0.25, 0.3) is 0 Å². The minimum absolute atomic E-state index is 0.529. The summed E-state index contributed by atoms with van der Waals surface area (Å²) in [6, 6.07) is 6.87. The van der Waals surface area contributed by atoms with Crippen LogP contribution in [-0.4, -0.2) is 26.3 Å². The molecule has 1 aromatic rings. The van der Waals surface area contributed by atoms with Gasteiger partial charge in [0.15, 0.2) is 0 Å². The Hall–Kier alpha value is -0.580. The maximum Gasteiger partial charge on any atom is 0.0637 e. The monoisotopic (exact) mass is 328 g/mol. The van der Waals surface area contributed by atoms with Crippen LogP contribution in [0.5, 0.6) is 0 Å². The average Bonchev–Trinajstić information content (AvgIpc) is 2.43. The smallest absolute Gasteiger partial charge is 0.0637 e. The second-order valence-electron chi connectivity index (χ2n) is 4.63. The van der Waals surface area contributed by atoms with Crippen molar-refractivity contribution in [2.45, 2.75) is 39.3 Å². The summed E-state index contributed by atoms with van der Waals surface area (Å²) in [6.07, 6.45) is 2.25. The second-order valence-corrected chi connectivity index (χ2v) is 5.55. The molecule has 0 aromatic heterocycles. The highest BCUT2D eigenvalue weighted by molar-refractivity contribution is 9.10. The van der Waals surface area contributed by atoms with E-state index in [4.69, 9.17) is 10.5 Å². The predicted molar refractivity (Wildman–Crippen MR) is 85.6 cm³/mol. The van der Waals surface area contributed by atoms with Crippen molar-refractivity contribution < 1.29 is 4.74 Å². The normalized spacial score (nSPS) is 11.1. The molecule has 0 unspecified atom stereocenters. The average molecular weight is 329 g/mol. The Morgan fingerprint density at radius 3 is 2.53 bits per heavy atom. The minimum Gasteiger partial charge on any atom is -0.383 e. The molecule has 0 atom stereocenters. The molecule has 0 spiro atoms. The molecule has 0 bridgehead atoms. The van der Waals surface area contributed by atoms with E-state index < -0.39 is 0 Å². The van der Waals surface area contributed by atoms with Crippen molar-refractivity contribution >= 4 is 21.6 Å². The maximum atomic E-state index is 5.89. The van der Waals surface area contributed by atoms with Gasteiger partial charge in [-0.05, 0) is 36.6 Å². The SMILES string of the molecule is CCC(CC)N(CCOC)c1ccc(Br)cc1CN. The van der Waals surface area contributed by atoms with E-state index in [1.165, 1.54) is 11.3 Å². The molecule has 0 fully saturated rings. The van der Waals surface area contributed by atoms with Gasteiger partial charge in [-0.2, -0.15) is 0 Å². The number of anilines is 1. The van der Waals surface area contributed by atoms with E-state index in [1.54, 1.807) is 7.11 Å². The van der Waals surface area contributed by atoms with Gasteiger partial charge in [-0.3, -0.25) is 0 Å². The van der Waals surface area contributed by atoms with Crippen molar-refractivity contribution in [3.8, 4) is 0 Å². The van der Waals surface area contributed by atoms with Crippen LogP contribution in [-0.2, 0) is 11.3 Å². The van der Waals surface area contributed by atoms with E-state index in [-0.39, 0.29) is 0 Å². The largest absolute Gasteiger partial charge is 0.383 e. The van der Waals surface area contributed by atoms with Gasteiger partial charge in [0.2, 0.25) is 0 Å². The van der Waals surface area contributed by atoms with Crippen molar-refractivity contribution in [1.29, 1.82) is 0 Å².